The van der Waals surface area contributed by atoms with E-state index >= 15 is 0 Å². The summed E-state index contributed by atoms with van der Waals surface area (Å²) in [4.78, 5) is 16.6. The molecule has 6 heteroatoms. The normalized spacial score (nSPS) is 23.4. The van der Waals surface area contributed by atoms with Crippen LogP contribution in [0.2, 0.25) is 0 Å². The fraction of sp³-hybridized carbons (Fsp3) is 0.611. The smallest absolute Gasteiger partial charge is 0.257 e. The number of piperidine rings is 2. The number of carbonyl (C=O) groups is 1. The quantitative estimate of drug-likeness (QED) is 0.884. The Hall–Kier alpha value is -1.66. The molecule has 2 heterocycles. The third-order valence-electron chi connectivity index (χ3n) is 5.29. The number of phenols is 1. The van der Waals surface area contributed by atoms with Crippen molar-refractivity contribution < 1.29 is 19.4 Å². The lowest BCUT2D eigenvalue weighted by molar-refractivity contribution is 0.0453. The van der Waals surface area contributed by atoms with E-state index in [0.29, 0.717) is 25.0 Å². The molecule has 2 aliphatic heterocycles. The highest BCUT2D eigenvalue weighted by Gasteiger charge is 2.31. The van der Waals surface area contributed by atoms with E-state index in [4.69, 9.17) is 0 Å². The number of aliphatic hydroxyl groups excluding tert-OH is 1. The maximum Gasteiger partial charge on any atom is 0.257 e. The summed E-state index contributed by atoms with van der Waals surface area (Å²) in [5, 5.41) is 19.1. The van der Waals surface area contributed by atoms with Gasteiger partial charge in [0, 0.05) is 32.3 Å². The topological polar surface area (TPSA) is 64.0 Å². The zero-order valence-corrected chi connectivity index (χ0v) is 13.8. The van der Waals surface area contributed by atoms with Crippen LogP contribution in [-0.4, -0.2) is 64.7 Å². The number of phenolic OH excluding ortho intramolecular Hbond substituents is 1. The van der Waals surface area contributed by atoms with Crippen LogP contribution in [-0.2, 0) is 0 Å². The first-order chi connectivity index (χ1) is 11.6. The van der Waals surface area contributed by atoms with Crippen molar-refractivity contribution in [2.45, 2.75) is 31.7 Å². The van der Waals surface area contributed by atoms with Gasteiger partial charge in [0.15, 0.2) is 11.6 Å². The van der Waals surface area contributed by atoms with Crippen LogP contribution in [0.4, 0.5) is 4.39 Å². The van der Waals surface area contributed by atoms with Gasteiger partial charge in [0.1, 0.15) is 0 Å². The summed E-state index contributed by atoms with van der Waals surface area (Å²) >= 11 is 0. The molecule has 1 aromatic carbocycles. The molecule has 2 fully saturated rings. The van der Waals surface area contributed by atoms with Crippen molar-refractivity contribution in [1.82, 2.24) is 9.80 Å². The second-order valence-electron chi connectivity index (χ2n) is 6.85. The molecule has 132 valence electrons. The van der Waals surface area contributed by atoms with E-state index in [-0.39, 0.29) is 18.1 Å². The Balaban J connectivity index is 1.58. The van der Waals surface area contributed by atoms with Crippen LogP contribution in [0.15, 0.2) is 18.2 Å². The first-order valence-electron chi connectivity index (χ1n) is 8.71. The van der Waals surface area contributed by atoms with Crippen molar-refractivity contribution in [3.63, 3.8) is 0 Å². The third kappa shape index (κ3) is 3.54. The van der Waals surface area contributed by atoms with Gasteiger partial charge in [-0.3, -0.25) is 9.69 Å². The van der Waals surface area contributed by atoms with Crippen molar-refractivity contribution in [3.05, 3.63) is 29.6 Å². The molecule has 1 unspecified atom stereocenters. The Kier molecular flexibility index (Phi) is 5.36. The lowest BCUT2D eigenvalue weighted by atomic mass is 9.94. The van der Waals surface area contributed by atoms with Crippen LogP contribution >= 0.6 is 0 Å². The lowest BCUT2D eigenvalue weighted by Crippen LogP contribution is -2.50. The van der Waals surface area contributed by atoms with Gasteiger partial charge in [0.05, 0.1) is 5.56 Å². The molecule has 0 aromatic heterocycles. The van der Waals surface area contributed by atoms with Gasteiger partial charge in [-0.2, -0.15) is 0 Å². The lowest BCUT2D eigenvalue weighted by Gasteiger charge is -2.42. The minimum absolute atomic E-state index is 0.0340. The molecule has 0 aliphatic carbocycles. The molecule has 2 saturated heterocycles. The number of aromatic hydroxyl groups is 1. The molecule has 0 saturated carbocycles. The zero-order valence-electron chi connectivity index (χ0n) is 13.8. The van der Waals surface area contributed by atoms with Gasteiger partial charge in [-0.05, 0) is 50.3 Å². The number of rotatable bonds is 3. The van der Waals surface area contributed by atoms with E-state index in [9.17, 15) is 19.4 Å². The number of carbonyl (C=O) groups excluding carboxylic acids is 1. The van der Waals surface area contributed by atoms with Crippen molar-refractivity contribution in [1.29, 1.82) is 0 Å². The maximum absolute atomic E-state index is 13.4. The number of aliphatic hydroxyl groups is 1. The standard InChI is InChI=1S/C18H25FN2O3/c19-16-5-1-4-15(17(16)23)18(24)20-9-6-14(7-10-20)21-8-2-3-13(11-21)12-22/h1,4-5,13-14,22-23H,2-3,6-12H2. The third-order valence-corrected chi connectivity index (χ3v) is 5.29. The largest absolute Gasteiger partial charge is 0.504 e. The molecule has 5 nitrogen and oxygen atoms in total. The Bertz CT molecular complexity index is 588. The molecule has 3 rings (SSSR count). The molecule has 1 atom stereocenters. The predicted octanol–water partition coefficient (Wildman–Crippen LogP) is 1.84. The minimum Gasteiger partial charge on any atom is -0.504 e. The van der Waals surface area contributed by atoms with Gasteiger partial charge in [-0.1, -0.05) is 6.07 Å². The number of benzene rings is 1. The summed E-state index contributed by atoms with van der Waals surface area (Å²) in [7, 11) is 0. The summed E-state index contributed by atoms with van der Waals surface area (Å²) < 4.78 is 13.4. The Morgan fingerprint density at radius 1 is 1.21 bits per heavy atom. The van der Waals surface area contributed by atoms with Gasteiger partial charge < -0.3 is 15.1 Å². The molecule has 2 N–H and O–H groups in total. The Morgan fingerprint density at radius 3 is 2.67 bits per heavy atom. The van der Waals surface area contributed by atoms with Gasteiger partial charge in [-0.15, -0.1) is 0 Å². The number of para-hydroxylation sites is 1. The molecule has 0 radical (unpaired) electrons. The van der Waals surface area contributed by atoms with E-state index in [0.717, 1.165) is 44.8 Å². The molecule has 24 heavy (non-hydrogen) atoms. The minimum atomic E-state index is -0.765. The molecule has 1 aromatic rings. The fourth-order valence-electron chi connectivity index (χ4n) is 3.87. The predicted molar refractivity (Wildman–Crippen MR) is 88.4 cm³/mol. The van der Waals surface area contributed by atoms with E-state index in [1.165, 1.54) is 12.1 Å². The van der Waals surface area contributed by atoms with Crippen molar-refractivity contribution in [3.8, 4) is 5.75 Å². The van der Waals surface area contributed by atoms with Gasteiger partial charge in [0.25, 0.3) is 5.91 Å². The SMILES string of the molecule is O=C(c1cccc(F)c1O)N1CCC(N2CCCC(CO)C2)CC1. The van der Waals surface area contributed by atoms with Crippen molar-refractivity contribution in [2.75, 3.05) is 32.8 Å². The van der Waals surface area contributed by atoms with Crippen molar-refractivity contribution >= 4 is 5.91 Å². The first-order valence-corrected chi connectivity index (χ1v) is 8.71. The van der Waals surface area contributed by atoms with Crippen LogP contribution < -0.4 is 0 Å². The Labute approximate surface area is 141 Å². The Morgan fingerprint density at radius 2 is 1.96 bits per heavy atom. The molecule has 0 spiro atoms. The highest BCUT2D eigenvalue weighted by molar-refractivity contribution is 5.96. The van der Waals surface area contributed by atoms with Crippen LogP contribution in [0.1, 0.15) is 36.0 Å². The monoisotopic (exact) mass is 336 g/mol. The summed E-state index contributed by atoms with van der Waals surface area (Å²) in [6, 6.07) is 4.48. The van der Waals surface area contributed by atoms with E-state index in [1.807, 2.05) is 0 Å². The number of nitrogens with zero attached hydrogens (tertiary/aromatic N) is 2. The summed E-state index contributed by atoms with van der Waals surface area (Å²) in [6.45, 7) is 3.45. The number of hydrogen-bond acceptors (Lipinski definition) is 4. The summed E-state index contributed by atoms with van der Waals surface area (Å²) in [5.41, 5.74) is 0.0340. The highest BCUT2D eigenvalue weighted by atomic mass is 19.1. The zero-order chi connectivity index (χ0) is 17.1. The van der Waals surface area contributed by atoms with Crippen LogP contribution in [0.5, 0.6) is 5.75 Å². The van der Waals surface area contributed by atoms with Crippen LogP contribution in [0, 0.1) is 11.7 Å². The van der Waals surface area contributed by atoms with E-state index in [2.05, 4.69) is 4.90 Å². The first kappa shape index (κ1) is 17.2. The number of hydrogen-bond donors (Lipinski definition) is 2. The average Bonchev–Trinajstić information content (AvgIpc) is 2.63. The molecular formula is C18H25FN2O3. The van der Waals surface area contributed by atoms with Crippen LogP contribution in [0.25, 0.3) is 0 Å². The van der Waals surface area contributed by atoms with Crippen molar-refractivity contribution in [2.24, 2.45) is 5.92 Å². The molecular weight excluding hydrogens is 311 g/mol. The summed E-state index contributed by atoms with van der Waals surface area (Å²) in [5.74, 6) is -1.27. The van der Waals surface area contributed by atoms with Gasteiger partial charge in [-0.25, -0.2) is 4.39 Å². The van der Waals surface area contributed by atoms with Crippen LogP contribution in [0.3, 0.4) is 0 Å². The molecule has 0 bridgehead atoms. The maximum atomic E-state index is 13.4. The molecule has 1 amide bonds. The highest BCUT2D eigenvalue weighted by Crippen LogP contribution is 2.26. The van der Waals surface area contributed by atoms with Gasteiger partial charge in [0.2, 0.25) is 0 Å². The van der Waals surface area contributed by atoms with E-state index < -0.39 is 11.6 Å². The fourth-order valence-corrected chi connectivity index (χ4v) is 3.87. The van der Waals surface area contributed by atoms with Gasteiger partial charge >= 0.3 is 0 Å². The number of amides is 1. The number of likely N-dealkylation sites (tertiary alicyclic amines) is 2. The second kappa shape index (κ2) is 7.49. The number of halogens is 1. The second-order valence-corrected chi connectivity index (χ2v) is 6.85. The summed E-state index contributed by atoms with van der Waals surface area (Å²) in [6.07, 6.45) is 3.95. The average molecular weight is 336 g/mol. The molecule has 2 aliphatic rings. The van der Waals surface area contributed by atoms with E-state index in [1.54, 1.807) is 4.90 Å².